The zero-order valence-corrected chi connectivity index (χ0v) is 16.7. The van der Waals surface area contributed by atoms with Crippen LogP contribution in [0.5, 0.6) is 11.5 Å². The fraction of sp³-hybridized carbons (Fsp3) is 0.368. The summed E-state index contributed by atoms with van der Waals surface area (Å²) in [5.41, 5.74) is 1.93. The van der Waals surface area contributed by atoms with Gasteiger partial charge in [0, 0.05) is 27.6 Å². The Morgan fingerprint density at radius 1 is 1.28 bits per heavy atom. The Morgan fingerprint density at radius 3 is 2.72 bits per heavy atom. The average Bonchev–Trinajstić information content (AvgIpc) is 2.62. The predicted octanol–water partition coefficient (Wildman–Crippen LogP) is 4.55. The van der Waals surface area contributed by atoms with E-state index in [1.165, 1.54) is 0 Å². The molecule has 0 amide bonds. The van der Waals surface area contributed by atoms with E-state index in [-0.39, 0.29) is 12.6 Å². The van der Waals surface area contributed by atoms with E-state index in [4.69, 9.17) is 21.1 Å². The van der Waals surface area contributed by atoms with Crippen LogP contribution >= 0.6 is 27.5 Å². The van der Waals surface area contributed by atoms with Crippen LogP contribution in [0.1, 0.15) is 24.5 Å². The normalized spacial score (nSPS) is 12.0. The number of aliphatic hydroxyl groups is 1. The van der Waals surface area contributed by atoms with Crippen molar-refractivity contribution in [1.29, 1.82) is 0 Å². The maximum Gasteiger partial charge on any atom is 0.167 e. The molecule has 1 unspecified atom stereocenters. The van der Waals surface area contributed by atoms with Crippen LogP contribution in [0.2, 0.25) is 5.02 Å². The first-order valence-corrected chi connectivity index (χ1v) is 9.33. The second-order valence-corrected chi connectivity index (χ2v) is 6.94. The third-order valence-corrected chi connectivity index (χ3v) is 4.92. The van der Waals surface area contributed by atoms with Crippen molar-refractivity contribution in [3.05, 3.63) is 57.0 Å². The zero-order valence-electron chi connectivity index (χ0n) is 14.4. The van der Waals surface area contributed by atoms with Gasteiger partial charge in [-0.05, 0) is 36.2 Å². The molecule has 0 spiro atoms. The number of ether oxygens (including phenoxy) is 2. The summed E-state index contributed by atoms with van der Waals surface area (Å²) in [6.45, 7) is 3.07. The van der Waals surface area contributed by atoms with E-state index in [1.54, 1.807) is 7.11 Å². The van der Waals surface area contributed by atoms with E-state index in [1.807, 2.05) is 43.3 Å². The molecule has 4 nitrogen and oxygen atoms in total. The number of methoxy groups -OCH3 is 1. The predicted molar refractivity (Wildman–Crippen MR) is 104 cm³/mol. The first kappa shape index (κ1) is 20.0. The molecule has 25 heavy (non-hydrogen) atoms. The first-order chi connectivity index (χ1) is 12.1. The zero-order chi connectivity index (χ0) is 18.2. The molecule has 0 fully saturated rings. The SMILES string of the molecule is CCC(CO)NCc1c(Br)ccc(OC)c1OCc1cccc(Cl)c1. The first-order valence-electron chi connectivity index (χ1n) is 8.15. The molecule has 0 saturated carbocycles. The number of benzene rings is 2. The summed E-state index contributed by atoms with van der Waals surface area (Å²) in [7, 11) is 1.62. The molecule has 0 aromatic heterocycles. The Bertz CT molecular complexity index is 692. The minimum atomic E-state index is 0.0406. The Balaban J connectivity index is 2.22. The fourth-order valence-electron chi connectivity index (χ4n) is 2.43. The van der Waals surface area contributed by atoms with E-state index in [9.17, 15) is 5.11 Å². The van der Waals surface area contributed by atoms with Crippen LogP contribution < -0.4 is 14.8 Å². The highest BCUT2D eigenvalue weighted by Crippen LogP contribution is 2.37. The average molecular weight is 429 g/mol. The van der Waals surface area contributed by atoms with E-state index >= 15 is 0 Å². The summed E-state index contributed by atoms with van der Waals surface area (Å²) in [5, 5.41) is 13.4. The van der Waals surface area contributed by atoms with Gasteiger partial charge in [0.05, 0.1) is 13.7 Å². The molecule has 2 aromatic rings. The second kappa shape index (κ2) is 10.0. The summed E-state index contributed by atoms with van der Waals surface area (Å²) in [5.74, 6) is 1.34. The van der Waals surface area contributed by atoms with Crippen molar-refractivity contribution in [2.75, 3.05) is 13.7 Å². The lowest BCUT2D eigenvalue weighted by Crippen LogP contribution is -2.31. The number of nitrogens with one attached hydrogen (secondary N) is 1. The van der Waals surface area contributed by atoms with Crippen molar-refractivity contribution in [2.24, 2.45) is 0 Å². The lowest BCUT2D eigenvalue weighted by atomic mass is 10.1. The largest absolute Gasteiger partial charge is 0.493 e. The Morgan fingerprint density at radius 2 is 2.08 bits per heavy atom. The van der Waals surface area contributed by atoms with Gasteiger partial charge in [0.25, 0.3) is 0 Å². The highest BCUT2D eigenvalue weighted by atomic mass is 79.9. The van der Waals surface area contributed by atoms with E-state index in [2.05, 4.69) is 21.2 Å². The topological polar surface area (TPSA) is 50.7 Å². The van der Waals surface area contributed by atoms with Gasteiger partial charge in [-0.25, -0.2) is 0 Å². The van der Waals surface area contributed by atoms with Crippen molar-refractivity contribution >= 4 is 27.5 Å². The maximum absolute atomic E-state index is 9.38. The van der Waals surface area contributed by atoms with Gasteiger partial charge >= 0.3 is 0 Å². The lowest BCUT2D eigenvalue weighted by molar-refractivity contribution is 0.236. The summed E-state index contributed by atoms with van der Waals surface area (Å²) in [4.78, 5) is 0. The Hall–Kier alpha value is -1.27. The molecule has 0 radical (unpaired) electrons. The summed E-state index contributed by atoms with van der Waals surface area (Å²) in [6, 6.07) is 11.4. The van der Waals surface area contributed by atoms with Crippen LogP contribution in [-0.4, -0.2) is 24.9 Å². The minimum absolute atomic E-state index is 0.0406. The van der Waals surface area contributed by atoms with Crippen molar-refractivity contribution in [1.82, 2.24) is 5.32 Å². The number of aliphatic hydroxyl groups excluding tert-OH is 1. The third-order valence-electron chi connectivity index (χ3n) is 3.94. The monoisotopic (exact) mass is 427 g/mol. The second-order valence-electron chi connectivity index (χ2n) is 5.64. The molecule has 6 heteroatoms. The fourth-order valence-corrected chi connectivity index (χ4v) is 3.10. The number of rotatable bonds is 9. The molecule has 2 N–H and O–H groups in total. The van der Waals surface area contributed by atoms with Gasteiger partial charge in [-0.15, -0.1) is 0 Å². The van der Waals surface area contributed by atoms with Crippen LogP contribution in [0.15, 0.2) is 40.9 Å². The lowest BCUT2D eigenvalue weighted by Gasteiger charge is -2.19. The van der Waals surface area contributed by atoms with E-state index in [0.717, 1.165) is 22.0 Å². The minimum Gasteiger partial charge on any atom is -0.493 e. The molecular formula is C19H23BrClNO3. The van der Waals surface area contributed by atoms with Gasteiger partial charge in [0.1, 0.15) is 6.61 Å². The van der Waals surface area contributed by atoms with Gasteiger partial charge < -0.3 is 19.9 Å². The highest BCUT2D eigenvalue weighted by molar-refractivity contribution is 9.10. The summed E-state index contributed by atoms with van der Waals surface area (Å²) in [6.07, 6.45) is 0.844. The Kier molecular flexibility index (Phi) is 8.03. The van der Waals surface area contributed by atoms with E-state index in [0.29, 0.717) is 29.7 Å². The van der Waals surface area contributed by atoms with Crippen LogP contribution in [0.25, 0.3) is 0 Å². The van der Waals surface area contributed by atoms with Crippen LogP contribution in [0, 0.1) is 0 Å². The van der Waals surface area contributed by atoms with Gasteiger partial charge in [-0.1, -0.05) is 46.6 Å². The maximum atomic E-state index is 9.38. The molecule has 0 saturated heterocycles. The van der Waals surface area contributed by atoms with Crippen LogP contribution in [0.3, 0.4) is 0 Å². The van der Waals surface area contributed by atoms with Gasteiger partial charge in [0.2, 0.25) is 0 Å². The number of hydrogen-bond acceptors (Lipinski definition) is 4. The molecule has 136 valence electrons. The molecule has 2 aromatic carbocycles. The number of halogens is 2. The van der Waals surface area contributed by atoms with Crippen molar-refractivity contribution in [2.45, 2.75) is 32.5 Å². The molecule has 0 aliphatic rings. The summed E-state index contributed by atoms with van der Waals surface area (Å²) < 4.78 is 12.5. The van der Waals surface area contributed by atoms with Crippen LogP contribution in [-0.2, 0) is 13.2 Å². The molecule has 0 heterocycles. The van der Waals surface area contributed by atoms with Crippen LogP contribution in [0.4, 0.5) is 0 Å². The van der Waals surface area contributed by atoms with Gasteiger partial charge in [-0.2, -0.15) is 0 Å². The number of hydrogen-bond donors (Lipinski definition) is 2. The van der Waals surface area contributed by atoms with E-state index < -0.39 is 0 Å². The van der Waals surface area contributed by atoms with Gasteiger partial charge in [0.15, 0.2) is 11.5 Å². The molecule has 1 atom stereocenters. The molecular weight excluding hydrogens is 406 g/mol. The Labute approximate surface area is 162 Å². The molecule has 2 rings (SSSR count). The smallest absolute Gasteiger partial charge is 0.167 e. The quantitative estimate of drug-likeness (QED) is 0.615. The molecule has 0 bridgehead atoms. The van der Waals surface area contributed by atoms with Crippen molar-refractivity contribution in [3.63, 3.8) is 0 Å². The highest BCUT2D eigenvalue weighted by Gasteiger charge is 2.16. The molecule has 0 aliphatic carbocycles. The molecule has 0 aliphatic heterocycles. The third kappa shape index (κ3) is 5.61. The van der Waals surface area contributed by atoms with Crippen molar-refractivity contribution in [3.8, 4) is 11.5 Å². The standard InChI is InChI=1S/C19H23BrClNO3/c1-3-15(11-23)22-10-16-17(20)7-8-18(24-2)19(16)25-12-13-5-4-6-14(21)9-13/h4-9,15,22-23H,3,10-12H2,1-2H3. The van der Waals surface area contributed by atoms with Gasteiger partial charge in [-0.3, -0.25) is 0 Å². The summed E-state index contributed by atoms with van der Waals surface area (Å²) >= 11 is 9.62. The van der Waals surface area contributed by atoms with Crippen molar-refractivity contribution < 1.29 is 14.6 Å².